The second kappa shape index (κ2) is 6.28. The first-order chi connectivity index (χ1) is 10.3. The van der Waals surface area contributed by atoms with E-state index in [1.807, 2.05) is 36.4 Å². The molecule has 2 aromatic carbocycles. The number of nitrogens with one attached hydrogen (secondary N) is 2. The van der Waals surface area contributed by atoms with Crippen molar-refractivity contribution in [3.05, 3.63) is 71.7 Å². The summed E-state index contributed by atoms with van der Waals surface area (Å²) in [5.74, 6) is -0.222. The monoisotopic (exact) mass is 282 g/mol. The van der Waals surface area contributed by atoms with Crippen LogP contribution in [0.5, 0.6) is 0 Å². The van der Waals surface area contributed by atoms with E-state index in [-0.39, 0.29) is 5.82 Å². The molecule has 0 radical (unpaired) electrons. The molecule has 0 saturated carbocycles. The Kier molecular flexibility index (Phi) is 4.02. The first-order valence-corrected chi connectivity index (χ1v) is 6.73. The molecule has 0 aliphatic rings. The lowest BCUT2D eigenvalue weighted by Gasteiger charge is -2.04. The summed E-state index contributed by atoms with van der Waals surface area (Å²) in [6, 6.07) is 16.4. The van der Waals surface area contributed by atoms with Gasteiger partial charge in [0.15, 0.2) is 0 Å². The largest absolute Gasteiger partial charge is 0.307 e. The Morgan fingerprint density at radius 2 is 1.81 bits per heavy atom. The Bertz CT molecular complexity index is 709. The van der Waals surface area contributed by atoms with Gasteiger partial charge in [-0.15, -0.1) is 0 Å². The quantitative estimate of drug-likeness (QED) is 0.756. The maximum atomic E-state index is 13.1. The number of H-pyrrole nitrogens is 1. The van der Waals surface area contributed by atoms with Gasteiger partial charge in [0.1, 0.15) is 17.2 Å². The lowest BCUT2D eigenvalue weighted by atomic mass is 10.1. The van der Waals surface area contributed by atoms with Gasteiger partial charge in [0, 0.05) is 18.7 Å². The van der Waals surface area contributed by atoms with Crippen molar-refractivity contribution in [1.29, 1.82) is 0 Å². The van der Waals surface area contributed by atoms with E-state index in [0.29, 0.717) is 13.1 Å². The molecule has 0 atom stereocenters. The summed E-state index contributed by atoms with van der Waals surface area (Å²) in [6.45, 7) is 1.15. The minimum absolute atomic E-state index is 0.222. The van der Waals surface area contributed by atoms with Crippen molar-refractivity contribution in [1.82, 2.24) is 20.7 Å². The first kappa shape index (κ1) is 13.5. The number of hydrogen-bond donors (Lipinski definition) is 2. The molecule has 0 aliphatic carbocycles. The van der Waals surface area contributed by atoms with Gasteiger partial charge in [-0.1, -0.05) is 42.5 Å². The smallest absolute Gasteiger partial charge is 0.123 e. The zero-order valence-corrected chi connectivity index (χ0v) is 11.4. The van der Waals surface area contributed by atoms with E-state index in [9.17, 15) is 4.39 Å². The van der Waals surface area contributed by atoms with E-state index in [2.05, 4.69) is 20.7 Å². The van der Waals surface area contributed by atoms with E-state index in [1.165, 1.54) is 12.1 Å². The number of halogens is 1. The van der Waals surface area contributed by atoms with Crippen molar-refractivity contribution in [3.63, 3.8) is 0 Å². The molecule has 0 unspecified atom stereocenters. The fraction of sp³-hybridized carbons (Fsp3) is 0.125. The highest BCUT2D eigenvalue weighted by Crippen LogP contribution is 2.18. The number of aromatic nitrogens is 3. The molecule has 4 nitrogen and oxygen atoms in total. The third-order valence-electron chi connectivity index (χ3n) is 3.18. The number of nitrogens with zero attached hydrogens (tertiary/aromatic N) is 2. The van der Waals surface area contributed by atoms with Crippen LogP contribution in [0.3, 0.4) is 0 Å². The summed E-state index contributed by atoms with van der Waals surface area (Å²) in [4.78, 5) is 0. The Morgan fingerprint density at radius 3 is 2.62 bits per heavy atom. The summed E-state index contributed by atoms with van der Waals surface area (Å²) in [5.41, 5.74) is 3.61. The Balaban J connectivity index is 1.66. The average Bonchev–Trinajstić information content (AvgIpc) is 2.97. The van der Waals surface area contributed by atoms with Gasteiger partial charge in [0.2, 0.25) is 0 Å². The molecule has 0 spiro atoms. The topological polar surface area (TPSA) is 53.6 Å². The molecule has 5 heteroatoms. The van der Waals surface area contributed by atoms with Crippen LogP contribution in [-0.2, 0) is 13.1 Å². The molecule has 0 saturated heterocycles. The summed E-state index contributed by atoms with van der Waals surface area (Å²) in [6.07, 6.45) is 0. The number of aromatic amines is 1. The second-order valence-corrected chi connectivity index (χ2v) is 4.72. The zero-order valence-electron chi connectivity index (χ0n) is 11.4. The molecule has 1 heterocycles. The SMILES string of the molecule is Fc1cccc(CNCc2n[nH]nc2-c2ccccc2)c1. The average molecular weight is 282 g/mol. The normalized spacial score (nSPS) is 10.7. The van der Waals surface area contributed by atoms with Crippen LogP contribution < -0.4 is 5.32 Å². The minimum atomic E-state index is -0.222. The highest BCUT2D eigenvalue weighted by atomic mass is 19.1. The Labute approximate surface area is 122 Å². The van der Waals surface area contributed by atoms with E-state index < -0.39 is 0 Å². The lowest BCUT2D eigenvalue weighted by Crippen LogP contribution is -2.13. The molecule has 3 rings (SSSR count). The standard InChI is InChI=1S/C16H15FN4/c17-14-8-4-5-12(9-14)10-18-11-15-16(20-21-19-15)13-6-2-1-3-7-13/h1-9,18H,10-11H2,(H,19,20,21). The lowest BCUT2D eigenvalue weighted by molar-refractivity contribution is 0.619. The van der Waals surface area contributed by atoms with Crippen molar-refractivity contribution < 1.29 is 4.39 Å². The van der Waals surface area contributed by atoms with Crippen molar-refractivity contribution in [2.24, 2.45) is 0 Å². The molecule has 1 aromatic heterocycles. The number of hydrogen-bond acceptors (Lipinski definition) is 3. The number of rotatable bonds is 5. The van der Waals surface area contributed by atoms with Crippen LogP contribution in [0.4, 0.5) is 4.39 Å². The Morgan fingerprint density at radius 1 is 0.952 bits per heavy atom. The van der Waals surface area contributed by atoms with Crippen LogP contribution >= 0.6 is 0 Å². The summed E-state index contributed by atoms with van der Waals surface area (Å²) >= 11 is 0. The van der Waals surface area contributed by atoms with Crippen LogP contribution in [-0.4, -0.2) is 15.4 Å². The predicted molar refractivity (Wildman–Crippen MR) is 78.8 cm³/mol. The summed E-state index contributed by atoms with van der Waals surface area (Å²) < 4.78 is 13.1. The van der Waals surface area contributed by atoms with Crippen molar-refractivity contribution in [2.75, 3.05) is 0 Å². The first-order valence-electron chi connectivity index (χ1n) is 6.73. The molecular weight excluding hydrogens is 267 g/mol. The van der Waals surface area contributed by atoms with Crippen LogP contribution in [0.1, 0.15) is 11.3 Å². The fourth-order valence-electron chi connectivity index (χ4n) is 2.18. The Hall–Kier alpha value is -2.53. The molecule has 106 valence electrons. The van der Waals surface area contributed by atoms with Gasteiger partial charge in [-0.2, -0.15) is 15.4 Å². The molecule has 2 N–H and O–H groups in total. The molecular formula is C16H15FN4. The zero-order chi connectivity index (χ0) is 14.5. The highest BCUT2D eigenvalue weighted by Gasteiger charge is 2.09. The third kappa shape index (κ3) is 3.32. The van der Waals surface area contributed by atoms with Gasteiger partial charge in [-0.05, 0) is 17.7 Å². The molecule has 3 aromatic rings. The van der Waals surface area contributed by atoms with Crippen LogP contribution in [0.15, 0.2) is 54.6 Å². The van der Waals surface area contributed by atoms with Crippen LogP contribution in [0.25, 0.3) is 11.3 Å². The van der Waals surface area contributed by atoms with Gasteiger partial charge < -0.3 is 5.32 Å². The van der Waals surface area contributed by atoms with Crippen molar-refractivity contribution in [3.8, 4) is 11.3 Å². The molecule has 0 amide bonds. The number of benzene rings is 2. The van der Waals surface area contributed by atoms with E-state index in [0.717, 1.165) is 22.5 Å². The minimum Gasteiger partial charge on any atom is -0.307 e. The van der Waals surface area contributed by atoms with E-state index in [1.54, 1.807) is 6.07 Å². The molecule has 0 aliphatic heterocycles. The van der Waals surface area contributed by atoms with Gasteiger partial charge in [-0.25, -0.2) is 4.39 Å². The predicted octanol–water partition coefficient (Wildman–Crippen LogP) is 2.90. The third-order valence-corrected chi connectivity index (χ3v) is 3.18. The van der Waals surface area contributed by atoms with Gasteiger partial charge >= 0.3 is 0 Å². The molecule has 0 bridgehead atoms. The van der Waals surface area contributed by atoms with Crippen LogP contribution in [0, 0.1) is 5.82 Å². The van der Waals surface area contributed by atoms with Crippen LogP contribution in [0.2, 0.25) is 0 Å². The second-order valence-electron chi connectivity index (χ2n) is 4.72. The van der Waals surface area contributed by atoms with Crippen molar-refractivity contribution >= 4 is 0 Å². The summed E-state index contributed by atoms with van der Waals surface area (Å²) in [5, 5.41) is 14.3. The fourth-order valence-corrected chi connectivity index (χ4v) is 2.18. The maximum absolute atomic E-state index is 13.1. The molecule has 21 heavy (non-hydrogen) atoms. The van der Waals surface area contributed by atoms with Gasteiger partial charge in [0.05, 0.1) is 0 Å². The van der Waals surface area contributed by atoms with E-state index in [4.69, 9.17) is 0 Å². The van der Waals surface area contributed by atoms with Crippen molar-refractivity contribution in [2.45, 2.75) is 13.1 Å². The van der Waals surface area contributed by atoms with Gasteiger partial charge in [-0.3, -0.25) is 0 Å². The molecule has 0 fully saturated rings. The summed E-state index contributed by atoms with van der Waals surface area (Å²) in [7, 11) is 0. The highest BCUT2D eigenvalue weighted by molar-refractivity contribution is 5.60. The van der Waals surface area contributed by atoms with E-state index >= 15 is 0 Å². The van der Waals surface area contributed by atoms with Gasteiger partial charge in [0.25, 0.3) is 0 Å². The maximum Gasteiger partial charge on any atom is 0.123 e.